The maximum absolute atomic E-state index is 12.5. The fraction of sp³-hybridized carbons (Fsp3) is 0.200. The Morgan fingerprint density at radius 3 is 2.39 bits per heavy atom. The molecular formula is C20H18N2O5S. The second-order valence-electron chi connectivity index (χ2n) is 5.93. The van der Waals surface area contributed by atoms with Crippen molar-refractivity contribution < 1.29 is 23.9 Å². The van der Waals surface area contributed by atoms with Crippen LogP contribution in [0.25, 0.3) is 0 Å². The molecule has 2 aromatic rings. The average molecular weight is 398 g/mol. The molecule has 1 aliphatic heterocycles. The van der Waals surface area contributed by atoms with E-state index >= 15 is 0 Å². The molecule has 1 aliphatic rings. The Balaban J connectivity index is 1.60. The smallest absolute Gasteiger partial charge is 0.338 e. The molecule has 3 amide bonds. The fourth-order valence-corrected chi connectivity index (χ4v) is 3.67. The van der Waals surface area contributed by atoms with E-state index < -0.39 is 28.3 Å². The lowest BCUT2D eigenvalue weighted by Crippen LogP contribution is -2.32. The van der Waals surface area contributed by atoms with Crippen molar-refractivity contribution in [3.05, 3.63) is 60.2 Å². The van der Waals surface area contributed by atoms with Crippen molar-refractivity contribution in [1.82, 2.24) is 0 Å². The van der Waals surface area contributed by atoms with Crippen LogP contribution in [0.5, 0.6) is 0 Å². The molecule has 0 bridgehead atoms. The number of amides is 3. The van der Waals surface area contributed by atoms with Crippen molar-refractivity contribution in [1.29, 1.82) is 0 Å². The molecule has 3 rings (SSSR count). The van der Waals surface area contributed by atoms with Crippen LogP contribution in [-0.2, 0) is 14.3 Å². The van der Waals surface area contributed by atoms with Gasteiger partial charge in [-0.1, -0.05) is 18.2 Å². The van der Waals surface area contributed by atoms with E-state index in [2.05, 4.69) is 5.32 Å². The number of thioether (sulfide) groups is 1. The first kappa shape index (κ1) is 19.6. The zero-order valence-corrected chi connectivity index (χ0v) is 15.9. The van der Waals surface area contributed by atoms with Crippen LogP contribution < -0.4 is 10.2 Å². The summed E-state index contributed by atoms with van der Waals surface area (Å²) < 4.78 is 4.90. The van der Waals surface area contributed by atoms with Gasteiger partial charge in [0.25, 0.3) is 5.24 Å². The van der Waals surface area contributed by atoms with Crippen LogP contribution >= 0.6 is 11.8 Å². The van der Waals surface area contributed by atoms with E-state index in [4.69, 9.17) is 4.74 Å². The highest BCUT2D eigenvalue weighted by Crippen LogP contribution is 2.33. The summed E-state index contributed by atoms with van der Waals surface area (Å²) in [7, 11) is 0. The van der Waals surface area contributed by atoms with Gasteiger partial charge < -0.3 is 10.1 Å². The number of hydrogen-bond acceptors (Lipinski definition) is 6. The molecule has 0 spiro atoms. The van der Waals surface area contributed by atoms with Crippen molar-refractivity contribution in [2.75, 3.05) is 16.8 Å². The van der Waals surface area contributed by atoms with Crippen LogP contribution in [0.1, 0.15) is 23.7 Å². The summed E-state index contributed by atoms with van der Waals surface area (Å²) in [4.78, 5) is 49.7. The molecule has 0 aliphatic carbocycles. The quantitative estimate of drug-likeness (QED) is 0.749. The summed E-state index contributed by atoms with van der Waals surface area (Å²) in [6.07, 6.45) is -0.127. The lowest BCUT2D eigenvalue weighted by atomic mass is 10.2. The van der Waals surface area contributed by atoms with Gasteiger partial charge in [0.2, 0.25) is 11.8 Å². The molecule has 1 atom stereocenters. The molecule has 1 fully saturated rings. The second-order valence-corrected chi connectivity index (χ2v) is 7.09. The van der Waals surface area contributed by atoms with Crippen LogP contribution in [0.4, 0.5) is 16.2 Å². The van der Waals surface area contributed by atoms with Gasteiger partial charge in [0.05, 0.1) is 17.9 Å². The molecule has 28 heavy (non-hydrogen) atoms. The van der Waals surface area contributed by atoms with E-state index in [0.717, 1.165) is 16.7 Å². The summed E-state index contributed by atoms with van der Waals surface area (Å²) in [5.41, 5.74) is 1.35. The Hall–Kier alpha value is -3.13. The molecule has 1 saturated heterocycles. The molecule has 1 N–H and O–H groups in total. The molecule has 144 valence electrons. The number of hydrogen-bond donors (Lipinski definition) is 1. The predicted molar refractivity (Wildman–Crippen MR) is 106 cm³/mol. The van der Waals surface area contributed by atoms with E-state index in [1.807, 2.05) is 0 Å². The topological polar surface area (TPSA) is 92.8 Å². The Labute approximate surface area is 166 Å². The SMILES string of the molecule is CCOC(=O)c1ccc(NC(=O)CC2SC(=O)N(c3ccccc3)C2=O)cc1. The van der Waals surface area contributed by atoms with Gasteiger partial charge >= 0.3 is 5.97 Å². The van der Waals surface area contributed by atoms with Crippen molar-refractivity contribution in [3.8, 4) is 0 Å². The summed E-state index contributed by atoms with van der Waals surface area (Å²) >= 11 is 0.843. The number of rotatable bonds is 6. The first-order valence-electron chi connectivity index (χ1n) is 8.66. The number of para-hydroxylation sites is 1. The van der Waals surface area contributed by atoms with Gasteiger partial charge in [-0.15, -0.1) is 0 Å². The molecule has 7 nitrogen and oxygen atoms in total. The minimum Gasteiger partial charge on any atom is -0.462 e. The van der Waals surface area contributed by atoms with Crippen LogP contribution in [0.2, 0.25) is 0 Å². The Kier molecular flexibility index (Phi) is 6.10. The van der Waals surface area contributed by atoms with Crippen LogP contribution in [0, 0.1) is 0 Å². The number of ether oxygens (including phenoxy) is 1. The van der Waals surface area contributed by atoms with Gasteiger partial charge in [-0.05, 0) is 55.1 Å². The third kappa shape index (κ3) is 4.40. The molecule has 0 saturated carbocycles. The van der Waals surface area contributed by atoms with Crippen LogP contribution in [-0.4, -0.2) is 34.9 Å². The van der Waals surface area contributed by atoms with Crippen molar-refractivity contribution in [2.24, 2.45) is 0 Å². The van der Waals surface area contributed by atoms with Gasteiger partial charge in [-0.25, -0.2) is 9.69 Å². The van der Waals surface area contributed by atoms with Gasteiger partial charge in [0.1, 0.15) is 5.25 Å². The Morgan fingerprint density at radius 1 is 1.07 bits per heavy atom. The minimum atomic E-state index is -0.772. The summed E-state index contributed by atoms with van der Waals surface area (Å²) in [6.45, 7) is 2.00. The largest absolute Gasteiger partial charge is 0.462 e. The molecular weight excluding hydrogens is 380 g/mol. The number of nitrogens with zero attached hydrogens (tertiary/aromatic N) is 1. The van der Waals surface area contributed by atoms with E-state index in [1.54, 1.807) is 61.5 Å². The monoisotopic (exact) mass is 398 g/mol. The second kappa shape index (κ2) is 8.71. The first-order valence-corrected chi connectivity index (χ1v) is 9.54. The summed E-state index contributed by atoms with van der Waals surface area (Å²) in [6, 6.07) is 14.9. The number of carbonyl (C=O) groups excluding carboxylic acids is 4. The van der Waals surface area contributed by atoms with Crippen LogP contribution in [0.15, 0.2) is 54.6 Å². The normalized spacial score (nSPS) is 16.2. The minimum absolute atomic E-state index is 0.127. The first-order chi connectivity index (χ1) is 13.5. The number of carbonyl (C=O) groups is 4. The highest BCUT2D eigenvalue weighted by atomic mass is 32.2. The van der Waals surface area contributed by atoms with Crippen molar-refractivity contribution in [3.63, 3.8) is 0 Å². The number of esters is 1. The zero-order chi connectivity index (χ0) is 20.1. The van der Waals surface area contributed by atoms with Gasteiger partial charge in [-0.2, -0.15) is 0 Å². The molecule has 0 radical (unpaired) electrons. The molecule has 1 unspecified atom stereocenters. The molecule has 1 heterocycles. The number of nitrogens with one attached hydrogen (secondary N) is 1. The number of imide groups is 1. The van der Waals surface area contributed by atoms with Crippen molar-refractivity contribution >= 4 is 46.2 Å². The Bertz CT molecular complexity index is 899. The third-order valence-electron chi connectivity index (χ3n) is 3.99. The molecule has 2 aromatic carbocycles. The highest BCUT2D eigenvalue weighted by molar-refractivity contribution is 8.15. The molecule has 8 heteroatoms. The number of benzene rings is 2. The third-order valence-corrected chi connectivity index (χ3v) is 5.02. The van der Waals surface area contributed by atoms with Gasteiger partial charge in [-0.3, -0.25) is 14.4 Å². The zero-order valence-electron chi connectivity index (χ0n) is 15.1. The van der Waals surface area contributed by atoms with E-state index in [0.29, 0.717) is 16.9 Å². The predicted octanol–water partition coefficient (Wildman–Crippen LogP) is 3.46. The lowest BCUT2D eigenvalue weighted by molar-refractivity contribution is -0.121. The average Bonchev–Trinajstić information content (AvgIpc) is 2.96. The maximum Gasteiger partial charge on any atom is 0.338 e. The number of anilines is 2. The standard InChI is InChI=1S/C20H18N2O5S/c1-2-27-19(25)13-8-10-14(11-9-13)21-17(23)12-16-18(24)22(20(26)28-16)15-6-4-3-5-7-15/h3-11,16H,2,12H2,1H3,(H,21,23). The highest BCUT2D eigenvalue weighted by Gasteiger charge is 2.41. The lowest BCUT2D eigenvalue weighted by Gasteiger charge is -2.13. The van der Waals surface area contributed by atoms with Crippen LogP contribution in [0.3, 0.4) is 0 Å². The summed E-state index contributed by atoms with van der Waals surface area (Å²) in [5.74, 6) is -1.24. The van der Waals surface area contributed by atoms with E-state index in [-0.39, 0.29) is 13.0 Å². The van der Waals surface area contributed by atoms with E-state index in [1.165, 1.54) is 0 Å². The maximum atomic E-state index is 12.5. The van der Waals surface area contributed by atoms with E-state index in [9.17, 15) is 19.2 Å². The van der Waals surface area contributed by atoms with Gasteiger partial charge in [0.15, 0.2) is 0 Å². The Morgan fingerprint density at radius 2 is 1.75 bits per heavy atom. The molecule has 0 aromatic heterocycles. The summed E-state index contributed by atoms with van der Waals surface area (Å²) in [5, 5.41) is 1.50. The fourth-order valence-electron chi connectivity index (χ4n) is 2.68. The van der Waals surface area contributed by atoms with Gasteiger partial charge in [0, 0.05) is 12.1 Å². The van der Waals surface area contributed by atoms with Crippen molar-refractivity contribution in [2.45, 2.75) is 18.6 Å².